The summed E-state index contributed by atoms with van der Waals surface area (Å²) in [4.78, 5) is 1.05. The van der Waals surface area contributed by atoms with Crippen LogP contribution in [0.15, 0.2) is 17.5 Å². The van der Waals surface area contributed by atoms with Gasteiger partial charge in [-0.15, -0.1) is 11.3 Å². The molecule has 5 nitrogen and oxygen atoms in total. The second-order valence-electron chi connectivity index (χ2n) is 5.62. The Morgan fingerprint density at radius 2 is 2.24 bits per heavy atom. The Bertz CT molecular complexity index is 522. The lowest BCUT2D eigenvalue weighted by atomic mass is 10.2. The summed E-state index contributed by atoms with van der Waals surface area (Å²) >= 11 is 1.58. The largest absolute Gasteiger partial charge is 0.377 e. The monoisotopic (exact) mass is 332 g/mol. The fourth-order valence-electron chi connectivity index (χ4n) is 2.28. The molecule has 21 heavy (non-hydrogen) atoms. The van der Waals surface area contributed by atoms with Gasteiger partial charge in [0.1, 0.15) is 0 Å². The second kappa shape index (κ2) is 7.19. The van der Waals surface area contributed by atoms with Gasteiger partial charge in [0.15, 0.2) is 0 Å². The lowest BCUT2D eigenvalue weighted by Gasteiger charge is -2.30. The lowest BCUT2D eigenvalue weighted by molar-refractivity contribution is 0.0910. The summed E-state index contributed by atoms with van der Waals surface area (Å²) in [7, 11) is -1.83. The Morgan fingerprint density at radius 3 is 2.76 bits per heavy atom. The van der Waals surface area contributed by atoms with E-state index in [0.29, 0.717) is 13.1 Å². The Balaban J connectivity index is 2.17. The normalized spacial score (nSPS) is 20.0. The zero-order valence-electron chi connectivity index (χ0n) is 12.9. The molecule has 0 spiro atoms. The van der Waals surface area contributed by atoms with E-state index in [1.165, 1.54) is 4.31 Å². The summed E-state index contributed by atoms with van der Waals surface area (Å²) in [5, 5.41) is 1.97. The maximum absolute atomic E-state index is 12.8. The van der Waals surface area contributed by atoms with Crippen LogP contribution < -0.4 is 0 Å². The van der Waals surface area contributed by atoms with E-state index in [2.05, 4.69) is 0 Å². The minimum atomic E-state index is -3.47. The fourth-order valence-corrected chi connectivity index (χ4v) is 4.64. The number of thiophene rings is 1. The van der Waals surface area contributed by atoms with Crippen LogP contribution in [0.2, 0.25) is 0 Å². The summed E-state index contributed by atoms with van der Waals surface area (Å²) in [6.45, 7) is 5.34. The minimum Gasteiger partial charge on any atom is -0.377 e. The first-order chi connectivity index (χ1) is 9.91. The van der Waals surface area contributed by atoms with Crippen molar-refractivity contribution in [3.05, 3.63) is 22.4 Å². The molecule has 1 aromatic rings. The van der Waals surface area contributed by atoms with E-state index in [-0.39, 0.29) is 12.1 Å². The molecule has 0 unspecified atom stereocenters. The van der Waals surface area contributed by atoms with Gasteiger partial charge < -0.3 is 4.74 Å². The maximum atomic E-state index is 12.8. The molecule has 2 heterocycles. The van der Waals surface area contributed by atoms with Crippen LogP contribution in [0.4, 0.5) is 0 Å². The third-order valence-electron chi connectivity index (χ3n) is 3.76. The first-order valence-corrected chi connectivity index (χ1v) is 9.56. The van der Waals surface area contributed by atoms with Crippen molar-refractivity contribution in [1.29, 1.82) is 0 Å². The first kappa shape index (κ1) is 16.9. The standard InChI is InChI=1S/C14H24N2O3S2/c1-12(2)15(3)21(17,18)16(10-13-6-4-8-19-13)11-14-7-5-9-20-14/h5,7,9,12-13H,4,6,8,10-11H2,1-3H3/t13-/m1/s1. The van der Waals surface area contributed by atoms with Gasteiger partial charge in [-0.2, -0.15) is 17.0 Å². The molecule has 1 aliphatic rings. The van der Waals surface area contributed by atoms with Crippen molar-refractivity contribution in [2.24, 2.45) is 0 Å². The molecular formula is C14H24N2O3S2. The molecule has 1 atom stereocenters. The molecule has 2 rings (SSSR count). The predicted molar refractivity (Wildman–Crippen MR) is 85.5 cm³/mol. The zero-order chi connectivity index (χ0) is 15.5. The summed E-state index contributed by atoms with van der Waals surface area (Å²) in [5.74, 6) is 0. The van der Waals surface area contributed by atoms with E-state index in [1.807, 2.05) is 31.4 Å². The second-order valence-corrected chi connectivity index (χ2v) is 8.64. The predicted octanol–water partition coefficient (Wildman–Crippen LogP) is 2.31. The Labute approximate surface area is 131 Å². The zero-order valence-corrected chi connectivity index (χ0v) is 14.5. The number of hydrogen-bond acceptors (Lipinski definition) is 4. The van der Waals surface area contributed by atoms with Crippen LogP contribution in [0.3, 0.4) is 0 Å². The highest BCUT2D eigenvalue weighted by Crippen LogP contribution is 2.21. The van der Waals surface area contributed by atoms with Gasteiger partial charge >= 0.3 is 0 Å². The molecule has 0 radical (unpaired) electrons. The summed E-state index contributed by atoms with van der Waals surface area (Å²) < 4.78 is 34.2. The SMILES string of the molecule is CC(C)N(C)S(=O)(=O)N(Cc1cccs1)C[C@H]1CCCO1. The van der Waals surface area contributed by atoms with E-state index in [1.54, 1.807) is 22.7 Å². The third kappa shape index (κ3) is 4.26. The number of ether oxygens (including phenoxy) is 1. The van der Waals surface area contributed by atoms with Gasteiger partial charge in [0, 0.05) is 37.7 Å². The topological polar surface area (TPSA) is 49.9 Å². The molecule has 0 amide bonds. The van der Waals surface area contributed by atoms with E-state index >= 15 is 0 Å². The van der Waals surface area contributed by atoms with E-state index < -0.39 is 10.2 Å². The summed E-state index contributed by atoms with van der Waals surface area (Å²) in [5.41, 5.74) is 0. The number of hydrogen-bond donors (Lipinski definition) is 0. The molecule has 1 fully saturated rings. The number of nitrogens with zero attached hydrogens (tertiary/aromatic N) is 2. The van der Waals surface area contributed by atoms with Gasteiger partial charge in [-0.1, -0.05) is 6.07 Å². The molecule has 7 heteroatoms. The summed E-state index contributed by atoms with van der Waals surface area (Å²) in [6.07, 6.45) is 1.96. The molecule has 1 aliphatic heterocycles. The molecule has 0 N–H and O–H groups in total. The van der Waals surface area contributed by atoms with Gasteiger partial charge in [0.2, 0.25) is 0 Å². The van der Waals surface area contributed by atoms with Crippen LogP contribution in [0, 0.1) is 0 Å². The van der Waals surface area contributed by atoms with E-state index in [4.69, 9.17) is 4.74 Å². The molecule has 0 saturated carbocycles. The number of rotatable bonds is 7. The average Bonchev–Trinajstić information content (AvgIpc) is 3.10. The van der Waals surface area contributed by atoms with E-state index in [9.17, 15) is 8.42 Å². The van der Waals surface area contributed by atoms with E-state index in [0.717, 1.165) is 24.3 Å². The molecule has 0 bridgehead atoms. The third-order valence-corrected chi connectivity index (χ3v) is 6.70. The molecule has 1 aromatic heterocycles. The Morgan fingerprint density at radius 1 is 1.48 bits per heavy atom. The first-order valence-electron chi connectivity index (χ1n) is 7.28. The van der Waals surface area contributed by atoms with Gasteiger partial charge in [0.05, 0.1) is 6.10 Å². The van der Waals surface area contributed by atoms with Crippen molar-refractivity contribution in [2.75, 3.05) is 20.2 Å². The van der Waals surface area contributed by atoms with Crippen molar-refractivity contribution >= 4 is 21.5 Å². The van der Waals surface area contributed by atoms with Crippen LogP contribution >= 0.6 is 11.3 Å². The van der Waals surface area contributed by atoms with Gasteiger partial charge in [0.25, 0.3) is 10.2 Å². The quantitative estimate of drug-likeness (QED) is 0.770. The molecular weight excluding hydrogens is 308 g/mol. The maximum Gasteiger partial charge on any atom is 0.282 e. The van der Waals surface area contributed by atoms with Gasteiger partial charge in [-0.25, -0.2) is 0 Å². The highest BCUT2D eigenvalue weighted by atomic mass is 32.2. The van der Waals surface area contributed by atoms with Crippen LogP contribution in [-0.4, -0.2) is 49.4 Å². The Hall–Kier alpha value is -0.470. The van der Waals surface area contributed by atoms with Crippen LogP contribution in [-0.2, 0) is 21.5 Å². The van der Waals surface area contributed by atoms with Crippen LogP contribution in [0.25, 0.3) is 0 Å². The van der Waals surface area contributed by atoms with Crippen molar-refractivity contribution in [1.82, 2.24) is 8.61 Å². The average molecular weight is 332 g/mol. The molecule has 120 valence electrons. The van der Waals surface area contributed by atoms with Gasteiger partial charge in [-0.05, 0) is 38.1 Å². The van der Waals surface area contributed by atoms with Crippen molar-refractivity contribution < 1.29 is 13.2 Å². The van der Waals surface area contributed by atoms with Crippen molar-refractivity contribution in [2.45, 2.75) is 45.4 Å². The molecule has 0 aliphatic carbocycles. The van der Waals surface area contributed by atoms with Crippen LogP contribution in [0.1, 0.15) is 31.6 Å². The minimum absolute atomic E-state index is 0.0142. The van der Waals surface area contributed by atoms with Crippen LogP contribution in [0.5, 0.6) is 0 Å². The van der Waals surface area contributed by atoms with Crippen molar-refractivity contribution in [3.8, 4) is 0 Å². The summed E-state index contributed by atoms with van der Waals surface area (Å²) in [6, 6.07) is 3.85. The highest BCUT2D eigenvalue weighted by molar-refractivity contribution is 7.86. The van der Waals surface area contributed by atoms with Gasteiger partial charge in [-0.3, -0.25) is 0 Å². The fraction of sp³-hybridized carbons (Fsp3) is 0.714. The molecule has 1 saturated heterocycles. The smallest absolute Gasteiger partial charge is 0.282 e. The Kier molecular flexibility index (Phi) is 5.79. The highest BCUT2D eigenvalue weighted by Gasteiger charge is 2.32. The molecule has 0 aromatic carbocycles. The lowest BCUT2D eigenvalue weighted by Crippen LogP contribution is -2.46. The van der Waals surface area contributed by atoms with Crippen molar-refractivity contribution in [3.63, 3.8) is 0 Å².